The van der Waals surface area contributed by atoms with Gasteiger partial charge < -0.3 is 5.32 Å². The summed E-state index contributed by atoms with van der Waals surface area (Å²) >= 11 is 0. The Labute approximate surface area is 112 Å². The smallest absolute Gasteiger partial charge is 0.254 e. The largest absolute Gasteiger partial charge is 0.311 e. The summed E-state index contributed by atoms with van der Waals surface area (Å²) in [6, 6.07) is 18.0. The van der Waals surface area contributed by atoms with Gasteiger partial charge in [-0.2, -0.15) is 0 Å². The van der Waals surface area contributed by atoms with E-state index in [1.54, 1.807) is 7.05 Å². The van der Waals surface area contributed by atoms with Crippen LogP contribution < -0.4 is 5.32 Å². The first-order chi connectivity index (χ1) is 9.24. The van der Waals surface area contributed by atoms with Crippen LogP contribution in [0.2, 0.25) is 0 Å². The van der Waals surface area contributed by atoms with Crippen LogP contribution in [0.4, 0.5) is 8.78 Å². The number of benzene rings is 2. The zero-order valence-electron chi connectivity index (χ0n) is 10.8. The highest BCUT2D eigenvalue weighted by Crippen LogP contribution is 2.30. The first-order valence-corrected chi connectivity index (χ1v) is 6.29. The Morgan fingerprint density at radius 1 is 0.789 bits per heavy atom. The van der Waals surface area contributed by atoms with Gasteiger partial charge in [0, 0.05) is 5.92 Å². The van der Waals surface area contributed by atoms with Gasteiger partial charge in [0.15, 0.2) is 0 Å². The molecule has 1 N–H and O–H groups in total. The lowest BCUT2D eigenvalue weighted by Gasteiger charge is -2.27. The lowest BCUT2D eigenvalue weighted by atomic mass is 9.85. The Morgan fingerprint density at radius 2 is 1.21 bits per heavy atom. The summed E-state index contributed by atoms with van der Waals surface area (Å²) in [7, 11) is 1.58. The number of halogens is 2. The van der Waals surface area contributed by atoms with Gasteiger partial charge in [0.1, 0.15) is 0 Å². The topological polar surface area (TPSA) is 12.0 Å². The Bertz CT molecular complexity index is 445. The zero-order chi connectivity index (χ0) is 13.7. The lowest BCUT2D eigenvalue weighted by molar-refractivity contribution is 0.0945. The van der Waals surface area contributed by atoms with Crippen molar-refractivity contribution in [2.24, 2.45) is 0 Å². The van der Waals surface area contributed by atoms with Crippen molar-refractivity contribution in [2.45, 2.75) is 18.4 Å². The molecule has 0 aromatic heterocycles. The second-order valence-electron chi connectivity index (χ2n) is 4.45. The molecule has 0 bridgehead atoms. The minimum Gasteiger partial charge on any atom is -0.311 e. The van der Waals surface area contributed by atoms with E-state index in [9.17, 15) is 8.78 Å². The SMILES string of the molecule is CNC(C(F)F)C(c1ccccc1)c1ccccc1. The molecule has 0 saturated heterocycles. The van der Waals surface area contributed by atoms with Crippen molar-refractivity contribution in [1.29, 1.82) is 0 Å². The van der Waals surface area contributed by atoms with Gasteiger partial charge in [0.05, 0.1) is 6.04 Å². The molecule has 0 amide bonds. The Morgan fingerprint density at radius 3 is 1.53 bits per heavy atom. The molecule has 0 radical (unpaired) electrons. The maximum atomic E-state index is 13.3. The summed E-state index contributed by atoms with van der Waals surface area (Å²) in [4.78, 5) is 0. The highest BCUT2D eigenvalue weighted by molar-refractivity contribution is 5.34. The van der Waals surface area contributed by atoms with Gasteiger partial charge in [-0.25, -0.2) is 8.78 Å². The Hall–Kier alpha value is -1.74. The maximum Gasteiger partial charge on any atom is 0.254 e. The van der Waals surface area contributed by atoms with Crippen molar-refractivity contribution in [1.82, 2.24) is 5.32 Å². The highest BCUT2D eigenvalue weighted by Gasteiger charge is 2.30. The average molecular weight is 261 g/mol. The summed E-state index contributed by atoms with van der Waals surface area (Å²) < 4.78 is 26.5. The molecule has 100 valence electrons. The van der Waals surface area contributed by atoms with Gasteiger partial charge >= 0.3 is 0 Å². The molecule has 2 aromatic rings. The highest BCUT2D eigenvalue weighted by atomic mass is 19.3. The molecule has 1 nitrogen and oxygen atoms in total. The van der Waals surface area contributed by atoms with E-state index in [-0.39, 0.29) is 5.92 Å². The molecular weight excluding hydrogens is 244 g/mol. The molecule has 0 fully saturated rings. The first-order valence-electron chi connectivity index (χ1n) is 6.29. The van der Waals surface area contributed by atoms with E-state index in [2.05, 4.69) is 5.32 Å². The zero-order valence-corrected chi connectivity index (χ0v) is 10.8. The van der Waals surface area contributed by atoms with E-state index < -0.39 is 12.5 Å². The predicted octanol–water partition coefficient (Wildman–Crippen LogP) is 3.67. The molecule has 19 heavy (non-hydrogen) atoms. The Balaban J connectivity index is 2.45. The van der Waals surface area contributed by atoms with Crippen molar-refractivity contribution in [2.75, 3.05) is 7.05 Å². The monoisotopic (exact) mass is 261 g/mol. The minimum absolute atomic E-state index is 0.354. The summed E-state index contributed by atoms with van der Waals surface area (Å²) in [6.07, 6.45) is -2.42. The summed E-state index contributed by atoms with van der Waals surface area (Å²) in [5.74, 6) is -0.354. The quantitative estimate of drug-likeness (QED) is 0.866. The first kappa shape index (κ1) is 13.7. The van der Waals surface area contributed by atoms with Crippen LogP contribution in [0, 0.1) is 0 Å². The van der Waals surface area contributed by atoms with Crippen molar-refractivity contribution in [3.05, 3.63) is 71.8 Å². The summed E-state index contributed by atoms with van der Waals surface area (Å²) in [6.45, 7) is 0. The maximum absolute atomic E-state index is 13.3. The van der Waals surface area contributed by atoms with Crippen LogP contribution >= 0.6 is 0 Å². The van der Waals surface area contributed by atoms with E-state index in [1.165, 1.54) is 0 Å². The van der Waals surface area contributed by atoms with Crippen molar-refractivity contribution in [3.63, 3.8) is 0 Å². The van der Waals surface area contributed by atoms with Crippen molar-refractivity contribution >= 4 is 0 Å². The fourth-order valence-electron chi connectivity index (χ4n) is 2.37. The Kier molecular flexibility index (Phi) is 4.63. The van der Waals surface area contributed by atoms with Gasteiger partial charge in [-0.15, -0.1) is 0 Å². The summed E-state index contributed by atoms with van der Waals surface area (Å²) in [5.41, 5.74) is 1.79. The van der Waals surface area contributed by atoms with E-state index in [0.29, 0.717) is 0 Å². The van der Waals surface area contributed by atoms with E-state index in [1.807, 2.05) is 60.7 Å². The number of rotatable bonds is 5. The van der Waals surface area contributed by atoms with Gasteiger partial charge in [-0.1, -0.05) is 60.7 Å². The van der Waals surface area contributed by atoms with E-state index >= 15 is 0 Å². The van der Waals surface area contributed by atoms with Crippen LogP contribution in [0.15, 0.2) is 60.7 Å². The van der Waals surface area contributed by atoms with Crippen LogP contribution in [-0.4, -0.2) is 19.5 Å². The van der Waals surface area contributed by atoms with Crippen LogP contribution in [0.1, 0.15) is 17.0 Å². The van der Waals surface area contributed by atoms with Gasteiger partial charge in [0.2, 0.25) is 0 Å². The molecular formula is C16H17F2N. The standard InChI is InChI=1S/C16H17F2N/c1-19-15(16(17)18)14(12-8-4-2-5-9-12)13-10-6-3-7-11-13/h2-11,14-16,19H,1H3. The molecule has 0 spiro atoms. The fraction of sp³-hybridized carbons (Fsp3) is 0.250. The molecule has 0 saturated carbocycles. The number of likely N-dealkylation sites (N-methyl/N-ethyl adjacent to an activating group) is 1. The third kappa shape index (κ3) is 3.18. The molecule has 0 aliphatic carbocycles. The number of hydrogen-bond donors (Lipinski definition) is 1. The molecule has 1 unspecified atom stereocenters. The molecule has 0 aliphatic rings. The minimum atomic E-state index is -2.42. The number of hydrogen-bond acceptors (Lipinski definition) is 1. The van der Waals surface area contributed by atoms with E-state index in [4.69, 9.17) is 0 Å². The third-order valence-corrected chi connectivity index (χ3v) is 3.28. The van der Waals surface area contributed by atoms with Crippen molar-refractivity contribution in [3.8, 4) is 0 Å². The normalized spacial score (nSPS) is 12.9. The number of alkyl halides is 2. The second-order valence-corrected chi connectivity index (χ2v) is 4.45. The molecule has 2 aromatic carbocycles. The molecule has 0 heterocycles. The fourth-order valence-corrected chi connectivity index (χ4v) is 2.37. The molecule has 3 heteroatoms. The van der Waals surface area contributed by atoms with Crippen LogP contribution in [-0.2, 0) is 0 Å². The van der Waals surface area contributed by atoms with Gasteiger partial charge in [0.25, 0.3) is 6.43 Å². The van der Waals surface area contributed by atoms with Gasteiger partial charge in [-0.3, -0.25) is 0 Å². The van der Waals surface area contributed by atoms with Crippen LogP contribution in [0.3, 0.4) is 0 Å². The number of nitrogens with one attached hydrogen (secondary N) is 1. The lowest BCUT2D eigenvalue weighted by Crippen LogP contribution is -2.39. The van der Waals surface area contributed by atoms with Gasteiger partial charge in [-0.05, 0) is 18.2 Å². The summed E-state index contributed by atoms with van der Waals surface area (Å²) in [5, 5.41) is 2.75. The van der Waals surface area contributed by atoms with Crippen LogP contribution in [0.25, 0.3) is 0 Å². The average Bonchev–Trinajstić information content (AvgIpc) is 2.46. The van der Waals surface area contributed by atoms with Crippen molar-refractivity contribution < 1.29 is 8.78 Å². The van der Waals surface area contributed by atoms with Crippen LogP contribution in [0.5, 0.6) is 0 Å². The molecule has 2 rings (SSSR count). The molecule has 0 aliphatic heterocycles. The predicted molar refractivity (Wildman–Crippen MR) is 73.6 cm³/mol. The van der Waals surface area contributed by atoms with E-state index in [0.717, 1.165) is 11.1 Å². The molecule has 1 atom stereocenters. The second kappa shape index (κ2) is 6.43. The third-order valence-electron chi connectivity index (χ3n) is 3.28.